The van der Waals surface area contributed by atoms with Crippen molar-refractivity contribution in [3.8, 4) is 23.8 Å². The van der Waals surface area contributed by atoms with Gasteiger partial charge in [0.25, 0.3) is 0 Å². The van der Waals surface area contributed by atoms with Crippen LogP contribution in [0.4, 0.5) is 0 Å². The number of allylic oxidation sites excluding steroid dienone is 2. The van der Waals surface area contributed by atoms with Gasteiger partial charge < -0.3 is 19.9 Å². The molecule has 8 nitrogen and oxygen atoms in total. The number of carbonyl (C=O) groups excluding carboxylic acids is 1. The van der Waals surface area contributed by atoms with E-state index in [-0.39, 0.29) is 29.4 Å². The Morgan fingerprint density at radius 3 is 2.50 bits per heavy atom. The van der Waals surface area contributed by atoms with Gasteiger partial charge in [0.15, 0.2) is 0 Å². The molecule has 0 fully saturated rings. The normalized spacial score (nSPS) is 15.7. The van der Waals surface area contributed by atoms with Gasteiger partial charge in [-0.25, -0.2) is 9.78 Å². The molecule has 8 heteroatoms. The number of nitriles is 2. The van der Waals surface area contributed by atoms with Gasteiger partial charge in [-0.1, -0.05) is 12.1 Å². The third-order valence-corrected chi connectivity index (χ3v) is 4.40. The van der Waals surface area contributed by atoms with E-state index >= 15 is 0 Å². The average Bonchev–Trinajstić information content (AvgIpc) is 2.74. The van der Waals surface area contributed by atoms with E-state index in [1.54, 1.807) is 50.2 Å². The summed E-state index contributed by atoms with van der Waals surface area (Å²) in [6, 6.07) is 14.1. The number of carbonyl (C=O) groups is 1. The summed E-state index contributed by atoms with van der Waals surface area (Å²) < 4.78 is 16.2. The lowest BCUT2D eigenvalue weighted by Crippen LogP contribution is -2.25. The fourth-order valence-corrected chi connectivity index (χ4v) is 3.04. The Morgan fingerprint density at radius 2 is 1.93 bits per heavy atom. The second kappa shape index (κ2) is 8.80. The fraction of sp³-hybridized carbons (Fsp3) is 0.182. The number of benzene rings is 1. The van der Waals surface area contributed by atoms with Crippen molar-refractivity contribution in [1.29, 1.82) is 10.5 Å². The number of rotatable bonds is 5. The first-order valence-corrected chi connectivity index (χ1v) is 9.07. The molecule has 3 rings (SSSR count). The summed E-state index contributed by atoms with van der Waals surface area (Å²) in [5.74, 6) is -0.214. The van der Waals surface area contributed by atoms with Crippen molar-refractivity contribution < 1.29 is 19.0 Å². The molecular formula is C22H18N4O4. The molecule has 2 N–H and O–H groups in total. The van der Waals surface area contributed by atoms with Crippen LogP contribution in [-0.4, -0.2) is 17.6 Å². The van der Waals surface area contributed by atoms with Crippen molar-refractivity contribution in [2.24, 2.45) is 5.73 Å². The van der Waals surface area contributed by atoms with Gasteiger partial charge >= 0.3 is 5.97 Å². The molecule has 0 saturated carbocycles. The zero-order chi connectivity index (χ0) is 21.7. The van der Waals surface area contributed by atoms with Gasteiger partial charge in [-0.2, -0.15) is 10.5 Å². The van der Waals surface area contributed by atoms with Crippen molar-refractivity contribution in [3.63, 3.8) is 0 Å². The van der Waals surface area contributed by atoms with E-state index in [0.29, 0.717) is 22.8 Å². The van der Waals surface area contributed by atoms with Crippen LogP contribution in [0.2, 0.25) is 0 Å². The zero-order valence-electron chi connectivity index (χ0n) is 16.4. The smallest absolute Gasteiger partial charge is 0.338 e. The van der Waals surface area contributed by atoms with Crippen LogP contribution >= 0.6 is 0 Å². The SMILES string of the molecule is CCOC(=O)C1=C(C)OC(N)=C(C#N)C1c1ccc(Oc2ccc(C#N)cn2)cc1. The summed E-state index contributed by atoms with van der Waals surface area (Å²) in [7, 11) is 0. The van der Waals surface area contributed by atoms with E-state index < -0.39 is 11.9 Å². The highest BCUT2D eigenvalue weighted by molar-refractivity contribution is 5.92. The van der Waals surface area contributed by atoms with Crippen molar-refractivity contribution in [2.45, 2.75) is 19.8 Å². The average molecular weight is 402 g/mol. The number of hydrogen-bond donors (Lipinski definition) is 1. The molecule has 1 aliphatic rings. The van der Waals surface area contributed by atoms with Crippen molar-refractivity contribution in [3.05, 3.63) is 76.5 Å². The van der Waals surface area contributed by atoms with Gasteiger partial charge in [0.05, 0.1) is 23.7 Å². The molecule has 0 spiro atoms. The standard InChI is InChI=1S/C22H18N4O4/c1-3-28-22(27)19-13(2)29-21(25)17(11-24)20(19)15-5-7-16(8-6-15)30-18-9-4-14(10-23)12-26-18/h4-9,12,20H,3,25H2,1-2H3. The molecule has 0 radical (unpaired) electrons. The van der Waals surface area contributed by atoms with Crippen molar-refractivity contribution >= 4 is 5.97 Å². The Labute approximate surface area is 173 Å². The Kier molecular flexibility index (Phi) is 6.00. The second-order valence-corrected chi connectivity index (χ2v) is 6.28. The largest absolute Gasteiger partial charge is 0.463 e. The summed E-state index contributed by atoms with van der Waals surface area (Å²) >= 11 is 0. The maximum absolute atomic E-state index is 12.5. The topological polar surface area (TPSA) is 131 Å². The Balaban J connectivity index is 1.93. The number of nitrogens with zero attached hydrogens (tertiary/aromatic N) is 3. The quantitative estimate of drug-likeness (QED) is 0.753. The number of hydrogen-bond acceptors (Lipinski definition) is 8. The Hall–Kier alpha value is -4.30. The lowest BCUT2D eigenvalue weighted by atomic mass is 9.83. The Morgan fingerprint density at radius 1 is 1.20 bits per heavy atom. The number of esters is 1. The lowest BCUT2D eigenvalue weighted by Gasteiger charge is -2.26. The molecule has 0 aliphatic carbocycles. The number of aromatic nitrogens is 1. The maximum atomic E-state index is 12.5. The second-order valence-electron chi connectivity index (χ2n) is 6.28. The fourth-order valence-electron chi connectivity index (χ4n) is 3.04. The minimum Gasteiger partial charge on any atom is -0.463 e. The monoisotopic (exact) mass is 402 g/mol. The van der Waals surface area contributed by atoms with Gasteiger partial charge in [0.1, 0.15) is 29.2 Å². The molecule has 1 aromatic carbocycles. The van der Waals surface area contributed by atoms with E-state index in [0.717, 1.165) is 0 Å². The maximum Gasteiger partial charge on any atom is 0.338 e. The molecule has 2 heterocycles. The summed E-state index contributed by atoms with van der Waals surface area (Å²) in [6.45, 7) is 3.49. The predicted octanol–water partition coefficient (Wildman–Crippen LogP) is 3.39. The van der Waals surface area contributed by atoms with E-state index in [4.69, 9.17) is 25.2 Å². The van der Waals surface area contributed by atoms with E-state index in [1.165, 1.54) is 6.20 Å². The molecule has 1 atom stereocenters. The molecule has 30 heavy (non-hydrogen) atoms. The van der Waals surface area contributed by atoms with Crippen LogP contribution in [0.5, 0.6) is 11.6 Å². The first kappa shape index (κ1) is 20.4. The highest BCUT2D eigenvalue weighted by Gasteiger charge is 2.36. The molecular weight excluding hydrogens is 384 g/mol. The summed E-state index contributed by atoms with van der Waals surface area (Å²) in [5.41, 5.74) is 7.33. The predicted molar refractivity (Wildman–Crippen MR) is 105 cm³/mol. The van der Waals surface area contributed by atoms with Crippen LogP contribution in [0.3, 0.4) is 0 Å². The van der Waals surface area contributed by atoms with E-state index in [9.17, 15) is 10.1 Å². The van der Waals surface area contributed by atoms with Crippen LogP contribution in [0, 0.1) is 22.7 Å². The third-order valence-electron chi connectivity index (χ3n) is 4.40. The lowest BCUT2D eigenvalue weighted by molar-refractivity contribution is -0.139. The van der Waals surface area contributed by atoms with Gasteiger partial charge in [-0.3, -0.25) is 0 Å². The molecule has 0 saturated heterocycles. The van der Waals surface area contributed by atoms with Gasteiger partial charge in [-0.05, 0) is 37.6 Å². The summed E-state index contributed by atoms with van der Waals surface area (Å²) in [5, 5.41) is 18.4. The summed E-state index contributed by atoms with van der Waals surface area (Å²) in [4.78, 5) is 16.6. The number of ether oxygens (including phenoxy) is 3. The first-order valence-electron chi connectivity index (χ1n) is 9.07. The van der Waals surface area contributed by atoms with Gasteiger partial charge in [0.2, 0.25) is 11.8 Å². The molecule has 1 aliphatic heterocycles. The van der Waals surface area contributed by atoms with Crippen molar-refractivity contribution in [2.75, 3.05) is 6.61 Å². The van der Waals surface area contributed by atoms with Crippen LogP contribution in [-0.2, 0) is 14.3 Å². The molecule has 2 aromatic rings. The van der Waals surface area contributed by atoms with Crippen LogP contribution < -0.4 is 10.5 Å². The highest BCUT2D eigenvalue weighted by Crippen LogP contribution is 2.40. The van der Waals surface area contributed by atoms with Crippen LogP contribution in [0.15, 0.2) is 65.4 Å². The minimum absolute atomic E-state index is 0.0462. The molecule has 150 valence electrons. The Bertz CT molecular complexity index is 1100. The van der Waals surface area contributed by atoms with E-state index in [2.05, 4.69) is 4.98 Å². The van der Waals surface area contributed by atoms with Crippen molar-refractivity contribution in [1.82, 2.24) is 4.98 Å². The van der Waals surface area contributed by atoms with Crippen LogP contribution in [0.25, 0.3) is 0 Å². The third kappa shape index (κ3) is 4.08. The number of nitrogens with two attached hydrogens (primary N) is 1. The molecule has 1 unspecified atom stereocenters. The highest BCUT2D eigenvalue weighted by atomic mass is 16.5. The zero-order valence-corrected chi connectivity index (χ0v) is 16.4. The van der Waals surface area contributed by atoms with E-state index in [1.807, 2.05) is 12.1 Å². The van der Waals surface area contributed by atoms with Crippen LogP contribution in [0.1, 0.15) is 30.9 Å². The van der Waals surface area contributed by atoms with Gasteiger partial charge in [-0.15, -0.1) is 0 Å². The molecule has 0 bridgehead atoms. The summed E-state index contributed by atoms with van der Waals surface area (Å²) in [6.07, 6.45) is 1.41. The first-order chi connectivity index (χ1) is 14.5. The number of pyridine rings is 1. The van der Waals surface area contributed by atoms with Gasteiger partial charge in [0, 0.05) is 12.3 Å². The molecule has 0 amide bonds. The molecule has 1 aromatic heterocycles. The minimum atomic E-state index is -0.718.